The number of hydrogen-bond donors (Lipinski definition) is 0. The summed E-state index contributed by atoms with van der Waals surface area (Å²) in [6, 6.07) is 0. The summed E-state index contributed by atoms with van der Waals surface area (Å²) in [6.45, 7) is 4.84. The number of rotatable bonds is 2. The quantitative estimate of drug-likeness (QED) is 0.626. The van der Waals surface area contributed by atoms with Gasteiger partial charge < -0.3 is 14.2 Å². The molecule has 0 aromatic rings. The lowest BCUT2D eigenvalue weighted by atomic mass is 9.92. The van der Waals surface area contributed by atoms with Gasteiger partial charge in [-0.3, -0.25) is 0 Å². The van der Waals surface area contributed by atoms with Crippen LogP contribution in [0.3, 0.4) is 0 Å². The van der Waals surface area contributed by atoms with Crippen molar-refractivity contribution in [1.82, 2.24) is 0 Å². The smallest absolute Gasteiger partial charge is 0.107 e. The average Bonchev–Trinajstić information content (AvgIpc) is 2.09. The second-order valence-corrected chi connectivity index (χ2v) is 3.37. The molecule has 1 aliphatic rings. The van der Waals surface area contributed by atoms with Crippen molar-refractivity contribution < 1.29 is 14.2 Å². The minimum Gasteiger partial charge on any atom is -0.378 e. The number of hydrogen-bond acceptors (Lipinski definition) is 3. The molecule has 0 N–H and O–H groups in total. The van der Waals surface area contributed by atoms with Gasteiger partial charge in [0.05, 0.1) is 18.8 Å². The maximum atomic E-state index is 5.52. The van der Waals surface area contributed by atoms with Crippen LogP contribution in [0, 0.1) is 5.92 Å². The summed E-state index contributed by atoms with van der Waals surface area (Å²) in [5, 5.41) is 0. The van der Waals surface area contributed by atoms with Crippen LogP contribution in [0.2, 0.25) is 0 Å². The van der Waals surface area contributed by atoms with Gasteiger partial charge in [-0.25, -0.2) is 0 Å². The van der Waals surface area contributed by atoms with Crippen molar-refractivity contribution in [3.63, 3.8) is 0 Å². The summed E-state index contributed by atoms with van der Waals surface area (Å²) in [5.74, 6) is 0.397. The van der Waals surface area contributed by atoms with Crippen LogP contribution in [0.5, 0.6) is 0 Å². The van der Waals surface area contributed by atoms with Gasteiger partial charge in [0, 0.05) is 20.1 Å². The first kappa shape index (κ1) is 9.96. The summed E-state index contributed by atoms with van der Waals surface area (Å²) in [4.78, 5) is 0. The van der Waals surface area contributed by atoms with E-state index in [2.05, 4.69) is 13.8 Å². The third-order valence-corrected chi connectivity index (χ3v) is 2.72. The van der Waals surface area contributed by atoms with E-state index in [1.54, 1.807) is 14.2 Å². The molecule has 1 aliphatic heterocycles. The van der Waals surface area contributed by atoms with Crippen LogP contribution in [0.1, 0.15) is 13.8 Å². The fourth-order valence-electron chi connectivity index (χ4n) is 1.67. The molecule has 0 bridgehead atoms. The predicted molar refractivity (Wildman–Crippen MR) is 46.2 cm³/mol. The molecule has 3 unspecified atom stereocenters. The molecule has 0 radical (unpaired) electrons. The first-order valence-corrected chi connectivity index (χ1v) is 4.38. The second-order valence-electron chi connectivity index (χ2n) is 3.37. The van der Waals surface area contributed by atoms with E-state index in [-0.39, 0.29) is 18.3 Å². The zero-order valence-electron chi connectivity index (χ0n) is 8.24. The monoisotopic (exact) mass is 174 g/mol. The number of ether oxygens (including phenoxy) is 3. The largest absolute Gasteiger partial charge is 0.378 e. The van der Waals surface area contributed by atoms with Crippen LogP contribution in [-0.4, -0.2) is 39.1 Å². The Balaban J connectivity index is 2.58. The van der Waals surface area contributed by atoms with Gasteiger partial charge >= 0.3 is 0 Å². The van der Waals surface area contributed by atoms with Crippen LogP contribution >= 0.6 is 0 Å². The molecule has 0 aromatic carbocycles. The molecular formula is C9H18O3. The fraction of sp³-hybridized carbons (Fsp3) is 1.00. The van der Waals surface area contributed by atoms with E-state index in [0.29, 0.717) is 12.5 Å². The van der Waals surface area contributed by atoms with Crippen LogP contribution in [0.25, 0.3) is 0 Å². The van der Waals surface area contributed by atoms with Gasteiger partial charge in [0.15, 0.2) is 0 Å². The Morgan fingerprint density at radius 3 is 2.33 bits per heavy atom. The predicted octanol–water partition coefficient (Wildman–Crippen LogP) is 1.07. The van der Waals surface area contributed by atoms with E-state index in [1.807, 2.05) is 0 Å². The highest BCUT2D eigenvalue weighted by atomic mass is 16.6. The van der Waals surface area contributed by atoms with Gasteiger partial charge in [-0.1, -0.05) is 6.92 Å². The zero-order valence-corrected chi connectivity index (χ0v) is 8.24. The maximum Gasteiger partial charge on any atom is 0.107 e. The Morgan fingerprint density at radius 1 is 1.17 bits per heavy atom. The lowest BCUT2D eigenvalue weighted by molar-refractivity contribution is -0.169. The lowest BCUT2D eigenvalue weighted by Crippen LogP contribution is -2.48. The minimum atomic E-state index is 0.0844. The second kappa shape index (κ2) is 4.21. The molecule has 1 rings (SSSR count). The Morgan fingerprint density at radius 2 is 1.83 bits per heavy atom. The van der Waals surface area contributed by atoms with E-state index in [1.165, 1.54) is 0 Å². The Kier molecular flexibility index (Phi) is 3.50. The first-order valence-electron chi connectivity index (χ1n) is 4.38. The normalized spacial score (nSPS) is 43.0. The molecule has 3 heteroatoms. The molecular weight excluding hydrogens is 156 g/mol. The maximum absolute atomic E-state index is 5.52. The molecule has 0 saturated carbocycles. The highest BCUT2D eigenvalue weighted by Crippen LogP contribution is 2.24. The van der Waals surface area contributed by atoms with E-state index in [9.17, 15) is 0 Å². The van der Waals surface area contributed by atoms with Crippen molar-refractivity contribution in [2.24, 2.45) is 5.92 Å². The molecule has 0 spiro atoms. The van der Waals surface area contributed by atoms with Crippen LogP contribution in [-0.2, 0) is 14.2 Å². The molecule has 1 saturated heterocycles. The van der Waals surface area contributed by atoms with Crippen LogP contribution in [0.4, 0.5) is 0 Å². The van der Waals surface area contributed by atoms with Crippen molar-refractivity contribution in [2.75, 3.05) is 20.8 Å². The standard InChI is InChI=1S/C9H18O3/c1-6-7(2)12-5-8(10-3)9(6)11-4/h6-9H,5H2,1-4H3/t6-,7?,8?,9?/m1/s1. The Bertz CT molecular complexity index is 136. The molecule has 4 atom stereocenters. The van der Waals surface area contributed by atoms with Gasteiger partial charge in [-0.05, 0) is 6.92 Å². The highest BCUT2D eigenvalue weighted by Gasteiger charge is 2.35. The molecule has 1 heterocycles. The SMILES string of the molecule is COC1COC(C)[C@@H](C)C1OC. The van der Waals surface area contributed by atoms with Crippen molar-refractivity contribution in [3.05, 3.63) is 0 Å². The van der Waals surface area contributed by atoms with Gasteiger partial charge in [0.2, 0.25) is 0 Å². The molecule has 0 amide bonds. The third kappa shape index (κ3) is 1.79. The van der Waals surface area contributed by atoms with E-state index in [0.717, 1.165) is 0 Å². The highest BCUT2D eigenvalue weighted by molar-refractivity contribution is 4.83. The zero-order chi connectivity index (χ0) is 9.14. The summed E-state index contributed by atoms with van der Waals surface area (Å²) >= 11 is 0. The topological polar surface area (TPSA) is 27.7 Å². The summed E-state index contributed by atoms with van der Waals surface area (Å²) in [6.07, 6.45) is 0.515. The molecule has 0 aliphatic carbocycles. The molecule has 3 nitrogen and oxygen atoms in total. The lowest BCUT2D eigenvalue weighted by Gasteiger charge is -2.38. The van der Waals surface area contributed by atoms with Gasteiger partial charge in [0.25, 0.3) is 0 Å². The van der Waals surface area contributed by atoms with E-state index < -0.39 is 0 Å². The van der Waals surface area contributed by atoms with Crippen LogP contribution < -0.4 is 0 Å². The Hall–Kier alpha value is -0.120. The Labute approximate surface area is 74.0 Å². The minimum absolute atomic E-state index is 0.0844. The average molecular weight is 174 g/mol. The van der Waals surface area contributed by atoms with Gasteiger partial charge in [0.1, 0.15) is 6.10 Å². The van der Waals surface area contributed by atoms with E-state index >= 15 is 0 Å². The summed E-state index contributed by atoms with van der Waals surface area (Å²) in [7, 11) is 3.42. The first-order chi connectivity index (χ1) is 5.70. The van der Waals surface area contributed by atoms with Crippen molar-refractivity contribution in [2.45, 2.75) is 32.2 Å². The van der Waals surface area contributed by atoms with Crippen LogP contribution in [0.15, 0.2) is 0 Å². The third-order valence-electron chi connectivity index (χ3n) is 2.72. The molecule has 72 valence electrons. The van der Waals surface area contributed by atoms with Crippen molar-refractivity contribution >= 4 is 0 Å². The fourth-order valence-corrected chi connectivity index (χ4v) is 1.67. The van der Waals surface area contributed by atoms with Gasteiger partial charge in [-0.2, -0.15) is 0 Å². The summed E-state index contributed by atoms with van der Waals surface area (Å²) < 4.78 is 16.2. The molecule has 1 fully saturated rings. The summed E-state index contributed by atoms with van der Waals surface area (Å²) in [5.41, 5.74) is 0. The van der Waals surface area contributed by atoms with E-state index in [4.69, 9.17) is 14.2 Å². The number of methoxy groups -OCH3 is 2. The van der Waals surface area contributed by atoms with Crippen molar-refractivity contribution in [1.29, 1.82) is 0 Å². The van der Waals surface area contributed by atoms with Crippen molar-refractivity contribution in [3.8, 4) is 0 Å². The molecule has 12 heavy (non-hydrogen) atoms. The van der Waals surface area contributed by atoms with Gasteiger partial charge in [-0.15, -0.1) is 0 Å². The molecule has 0 aromatic heterocycles.